The molecular weight excluding hydrogens is 446 g/mol. The van der Waals surface area contributed by atoms with Crippen LogP contribution in [0, 0.1) is 23.0 Å². The van der Waals surface area contributed by atoms with Crippen LogP contribution in [0.4, 0.5) is 13.6 Å². The van der Waals surface area contributed by atoms with Crippen molar-refractivity contribution in [2.45, 2.75) is 18.6 Å². The van der Waals surface area contributed by atoms with Gasteiger partial charge in [0.1, 0.15) is 23.7 Å². The Balaban J connectivity index is 1.25. The van der Waals surface area contributed by atoms with Crippen LogP contribution in [0.5, 0.6) is 5.75 Å². The van der Waals surface area contributed by atoms with Gasteiger partial charge in [-0.15, -0.1) is 0 Å². The second-order valence-electron chi connectivity index (χ2n) is 7.90. The summed E-state index contributed by atoms with van der Waals surface area (Å²) < 4.78 is 35.2. The summed E-state index contributed by atoms with van der Waals surface area (Å²) in [6, 6.07) is 3.98. The fourth-order valence-electron chi connectivity index (χ4n) is 3.94. The van der Waals surface area contributed by atoms with Crippen LogP contribution in [0.3, 0.4) is 0 Å². The standard InChI is InChI=1S/C22H18F2N8O2/c1-30-21(14(6-25)8-29-30)18-5-20(17(24)10-27-18)34-16-11-31(12-16)22(33)32-19(2-3-28-32)13-4-15(23)9-26-7-13/h3-5,7-10,16,19H,2,11-12H2,1H3. The van der Waals surface area contributed by atoms with Crippen molar-refractivity contribution in [3.05, 3.63) is 59.7 Å². The van der Waals surface area contributed by atoms with Crippen LogP contribution in [0.15, 0.2) is 42.0 Å². The van der Waals surface area contributed by atoms with E-state index in [-0.39, 0.29) is 24.9 Å². The van der Waals surface area contributed by atoms with Gasteiger partial charge in [-0.1, -0.05) is 0 Å². The average molecular weight is 464 g/mol. The Morgan fingerprint density at radius 2 is 2.03 bits per heavy atom. The van der Waals surface area contributed by atoms with E-state index in [1.807, 2.05) is 6.07 Å². The number of halogens is 2. The van der Waals surface area contributed by atoms with Crippen molar-refractivity contribution < 1.29 is 18.3 Å². The van der Waals surface area contributed by atoms with Crippen LogP contribution in [0.2, 0.25) is 0 Å². The first-order valence-corrected chi connectivity index (χ1v) is 10.4. The number of carbonyl (C=O) groups is 1. The molecule has 0 aromatic carbocycles. The molecular formula is C22H18F2N8O2. The number of nitriles is 1. The molecule has 5 heterocycles. The number of carbonyl (C=O) groups excluding carboxylic acids is 1. The molecule has 3 aromatic heterocycles. The normalized spacial score (nSPS) is 17.5. The van der Waals surface area contributed by atoms with Crippen molar-refractivity contribution in [1.29, 1.82) is 5.26 Å². The molecule has 0 aliphatic carbocycles. The maximum atomic E-state index is 14.4. The molecule has 10 nitrogen and oxygen atoms in total. The zero-order valence-corrected chi connectivity index (χ0v) is 18.0. The lowest BCUT2D eigenvalue weighted by molar-refractivity contribution is 0.0256. The van der Waals surface area contributed by atoms with E-state index in [4.69, 9.17) is 4.74 Å². The summed E-state index contributed by atoms with van der Waals surface area (Å²) in [5.74, 6) is -1.17. The van der Waals surface area contributed by atoms with E-state index in [1.54, 1.807) is 13.3 Å². The van der Waals surface area contributed by atoms with Crippen molar-refractivity contribution in [3.8, 4) is 23.2 Å². The number of hydrogen-bond acceptors (Lipinski definition) is 7. The Kier molecular flexibility index (Phi) is 5.37. The first-order chi connectivity index (χ1) is 16.4. The monoisotopic (exact) mass is 464 g/mol. The summed E-state index contributed by atoms with van der Waals surface area (Å²) in [4.78, 5) is 22.3. The van der Waals surface area contributed by atoms with Crippen LogP contribution >= 0.6 is 0 Å². The number of hydrazone groups is 1. The van der Waals surface area contributed by atoms with Gasteiger partial charge in [-0.25, -0.2) is 18.6 Å². The zero-order chi connectivity index (χ0) is 23.8. The van der Waals surface area contributed by atoms with E-state index in [0.29, 0.717) is 28.9 Å². The molecule has 0 spiro atoms. The zero-order valence-electron chi connectivity index (χ0n) is 18.0. The number of rotatable bonds is 4. The first kappa shape index (κ1) is 21.4. The summed E-state index contributed by atoms with van der Waals surface area (Å²) in [5.41, 5.74) is 1.65. The quantitative estimate of drug-likeness (QED) is 0.587. The Bertz CT molecular complexity index is 1330. The number of ether oxygens (including phenoxy) is 1. The number of aromatic nitrogens is 4. The lowest BCUT2D eigenvalue weighted by atomic mass is 10.1. The van der Waals surface area contributed by atoms with Crippen molar-refractivity contribution in [3.63, 3.8) is 0 Å². The third-order valence-corrected chi connectivity index (χ3v) is 5.67. The Labute approximate surface area is 192 Å². The van der Waals surface area contributed by atoms with Crippen molar-refractivity contribution in [1.82, 2.24) is 29.7 Å². The highest BCUT2D eigenvalue weighted by atomic mass is 19.1. The van der Waals surface area contributed by atoms with Gasteiger partial charge in [0.2, 0.25) is 0 Å². The predicted molar refractivity (Wildman–Crippen MR) is 114 cm³/mol. The van der Waals surface area contributed by atoms with Gasteiger partial charge in [0.05, 0.1) is 49.0 Å². The molecule has 172 valence electrons. The summed E-state index contributed by atoms with van der Waals surface area (Å²) in [6.07, 6.45) is 6.66. The molecule has 1 fully saturated rings. The maximum absolute atomic E-state index is 14.4. The SMILES string of the molecule is Cn1ncc(C#N)c1-c1cc(OC2CN(C(=O)N3N=CCC3c3cncc(F)c3)C2)c(F)cn1. The molecule has 0 radical (unpaired) electrons. The smallest absolute Gasteiger partial charge is 0.341 e. The molecule has 2 aliphatic rings. The number of pyridine rings is 2. The fraction of sp³-hybridized carbons (Fsp3) is 0.273. The molecule has 0 bridgehead atoms. The van der Waals surface area contributed by atoms with Gasteiger partial charge >= 0.3 is 6.03 Å². The molecule has 3 aromatic rings. The van der Waals surface area contributed by atoms with E-state index >= 15 is 0 Å². The number of aryl methyl sites for hydroxylation is 1. The lowest BCUT2D eigenvalue weighted by Crippen LogP contribution is -2.58. The number of amides is 2. The molecule has 2 aliphatic heterocycles. The highest BCUT2D eigenvalue weighted by molar-refractivity contribution is 5.79. The average Bonchev–Trinajstić information content (AvgIpc) is 3.43. The molecule has 1 unspecified atom stereocenters. The van der Waals surface area contributed by atoms with E-state index in [9.17, 15) is 18.8 Å². The molecule has 5 rings (SSSR count). The topological polar surface area (TPSA) is 113 Å². The second kappa shape index (κ2) is 8.51. The molecule has 34 heavy (non-hydrogen) atoms. The fourth-order valence-corrected chi connectivity index (χ4v) is 3.94. The minimum absolute atomic E-state index is 0.0323. The van der Waals surface area contributed by atoms with Gasteiger partial charge in [0.15, 0.2) is 11.6 Å². The van der Waals surface area contributed by atoms with Gasteiger partial charge in [0.25, 0.3) is 0 Å². The van der Waals surface area contributed by atoms with Crippen LogP contribution in [-0.4, -0.2) is 61.1 Å². The van der Waals surface area contributed by atoms with Gasteiger partial charge in [-0.3, -0.25) is 14.6 Å². The van der Waals surface area contributed by atoms with E-state index < -0.39 is 23.8 Å². The highest BCUT2D eigenvalue weighted by Crippen LogP contribution is 2.32. The van der Waals surface area contributed by atoms with Crippen molar-refractivity contribution in [2.75, 3.05) is 13.1 Å². The maximum Gasteiger partial charge on any atom is 0.341 e. The summed E-state index contributed by atoms with van der Waals surface area (Å²) in [7, 11) is 1.66. The third kappa shape index (κ3) is 3.81. The largest absolute Gasteiger partial charge is 0.483 e. The Hall–Kier alpha value is -4.40. The van der Waals surface area contributed by atoms with Crippen LogP contribution in [0.25, 0.3) is 11.4 Å². The van der Waals surface area contributed by atoms with Crippen LogP contribution in [0.1, 0.15) is 23.6 Å². The van der Waals surface area contributed by atoms with E-state index in [2.05, 4.69) is 20.2 Å². The molecule has 2 amide bonds. The van der Waals surface area contributed by atoms with E-state index in [1.165, 1.54) is 39.1 Å². The number of nitrogens with zero attached hydrogens (tertiary/aromatic N) is 8. The number of urea groups is 1. The first-order valence-electron chi connectivity index (χ1n) is 10.4. The van der Waals surface area contributed by atoms with Gasteiger partial charge in [-0.05, 0) is 11.6 Å². The Morgan fingerprint density at radius 3 is 2.79 bits per heavy atom. The van der Waals surface area contributed by atoms with Crippen LogP contribution in [-0.2, 0) is 7.05 Å². The molecule has 12 heteroatoms. The van der Waals surface area contributed by atoms with Gasteiger partial charge in [0, 0.05) is 31.9 Å². The molecule has 0 N–H and O–H groups in total. The Morgan fingerprint density at radius 1 is 1.21 bits per heavy atom. The van der Waals surface area contributed by atoms with Gasteiger partial charge < -0.3 is 9.64 Å². The lowest BCUT2D eigenvalue weighted by Gasteiger charge is -2.41. The minimum atomic E-state index is -0.656. The minimum Gasteiger partial charge on any atom is -0.483 e. The number of hydrogen-bond donors (Lipinski definition) is 0. The molecule has 1 atom stereocenters. The summed E-state index contributed by atoms with van der Waals surface area (Å²) in [6.45, 7) is 0.455. The third-order valence-electron chi connectivity index (χ3n) is 5.67. The number of likely N-dealkylation sites (tertiary alicyclic amines) is 1. The van der Waals surface area contributed by atoms with Gasteiger partial charge in [-0.2, -0.15) is 15.5 Å². The predicted octanol–water partition coefficient (Wildman–Crippen LogP) is 2.64. The van der Waals surface area contributed by atoms with E-state index in [0.717, 1.165) is 12.4 Å². The second-order valence-corrected chi connectivity index (χ2v) is 7.90. The van der Waals surface area contributed by atoms with Crippen molar-refractivity contribution >= 4 is 12.2 Å². The van der Waals surface area contributed by atoms with Crippen LogP contribution < -0.4 is 4.74 Å². The van der Waals surface area contributed by atoms with Crippen molar-refractivity contribution in [2.24, 2.45) is 12.1 Å². The highest BCUT2D eigenvalue weighted by Gasteiger charge is 2.39. The molecule has 0 saturated carbocycles. The summed E-state index contributed by atoms with van der Waals surface area (Å²) in [5, 5.41) is 18.7. The molecule has 1 saturated heterocycles. The summed E-state index contributed by atoms with van der Waals surface area (Å²) >= 11 is 0.